The van der Waals surface area contributed by atoms with Crippen LogP contribution in [0.2, 0.25) is 0 Å². The highest BCUT2D eigenvalue weighted by molar-refractivity contribution is 7.10. The SMILES string of the molecule is NCC12CC(CN3CCc4sccc4C3c3ccccc3)(CCO1)C2. The fourth-order valence-corrected chi connectivity index (χ4v) is 6.37. The van der Waals surface area contributed by atoms with Gasteiger partial charge in [-0.05, 0) is 53.7 Å². The molecule has 6 rings (SSSR count). The molecule has 132 valence electrons. The first-order valence-electron chi connectivity index (χ1n) is 9.42. The van der Waals surface area contributed by atoms with Crippen LogP contribution >= 0.6 is 11.3 Å². The van der Waals surface area contributed by atoms with Gasteiger partial charge in [-0.3, -0.25) is 4.90 Å². The Kier molecular flexibility index (Phi) is 3.79. The highest BCUT2D eigenvalue weighted by Crippen LogP contribution is 2.57. The van der Waals surface area contributed by atoms with Crippen molar-refractivity contribution in [2.45, 2.75) is 37.3 Å². The van der Waals surface area contributed by atoms with Crippen molar-refractivity contribution in [3.8, 4) is 0 Å². The van der Waals surface area contributed by atoms with E-state index in [2.05, 4.69) is 46.7 Å². The molecule has 4 aliphatic rings. The minimum absolute atomic E-state index is 0.0101. The van der Waals surface area contributed by atoms with Crippen LogP contribution in [0.1, 0.15) is 41.3 Å². The second kappa shape index (κ2) is 5.92. The van der Waals surface area contributed by atoms with Gasteiger partial charge in [0.1, 0.15) is 0 Å². The second-order valence-electron chi connectivity index (χ2n) is 8.17. The van der Waals surface area contributed by atoms with Gasteiger partial charge in [0, 0.05) is 31.1 Å². The number of fused-ring (bicyclic) bond motifs is 3. The zero-order valence-corrected chi connectivity index (χ0v) is 15.4. The summed E-state index contributed by atoms with van der Waals surface area (Å²) in [7, 11) is 0. The number of nitrogens with zero attached hydrogens (tertiary/aromatic N) is 1. The lowest BCUT2D eigenvalue weighted by atomic mass is 9.55. The van der Waals surface area contributed by atoms with Crippen LogP contribution in [-0.4, -0.2) is 36.7 Å². The molecule has 1 saturated carbocycles. The van der Waals surface area contributed by atoms with Gasteiger partial charge < -0.3 is 10.5 Å². The summed E-state index contributed by atoms with van der Waals surface area (Å²) in [6.45, 7) is 3.88. The number of benzene rings is 1. The van der Waals surface area contributed by atoms with Gasteiger partial charge in [0.2, 0.25) is 0 Å². The molecule has 2 N–H and O–H groups in total. The van der Waals surface area contributed by atoms with E-state index < -0.39 is 0 Å². The lowest BCUT2D eigenvalue weighted by molar-refractivity contribution is -0.225. The van der Waals surface area contributed by atoms with Gasteiger partial charge in [0.05, 0.1) is 11.6 Å². The zero-order valence-electron chi connectivity index (χ0n) is 14.6. The molecule has 0 radical (unpaired) electrons. The van der Waals surface area contributed by atoms with Gasteiger partial charge >= 0.3 is 0 Å². The monoisotopic (exact) mass is 354 g/mol. The van der Waals surface area contributed by atoms with Gasteiger partial charge in [-0.25, -0.2) is 0 Å². The molecule has 1 atom stereocenters. The average Bonchev–Trinajstić information content (AvgIpc) is 3.10. The Balaban J connectivity index is 1.45. The van der Waals surface area contributed by atoms with E-state index in [9.17, 15) is 0 Å². The number of hydrogen-bond acceptors (Lipinski definition) is 4. The predicted molar refractivity (Wildman–Crippen MR) is 102 cm³/mol. The lowest BCUT2D eigenvalue weighted by Crippen LogP contribution is -2.65. The summed E-state index contributed by atoms with van der Waals surface area (Å²) in [4.78, 5) is 4.30. The first kappa shape index (κ1) is 16.0. The molecule has 2 aromatic rings. The van der Waals surface area contributed by atoms with Gasteiger partial charge in [0.25, 0.3) is 0 Å². The quantitative estimate of drug-likeness (QED) is 0.912. The normalized spacial score (nSPS) is 34.4. The van der Waals surface area contributed by atoms with Crippen LogP contribution in [0.25, 0.3) is 0 Å². The topological polar surface area (TPSA) is 38.5 Å². The second-order valence-corrected chi connectivity index (χ2v) is 9.17. The van der Waals surface area contributed by atoms with Gasteiger partial charge in [-0.15, -0.1) is 11.3 Å². The van der Waals surface area contributed by atoms with E-state index in [0.29, 0.717) is 18.0 Å². The van der Waals surface area contributed by atoms with Crippen LogP contribution in [0.3, 0.4) is 0 Å². The molecule has 1 aliphatic carbocycles. The maximum atomic E-state index is 6.01. The van der Waals surface area contributed by atoms with Crippen LogP contribution in [0.5, 0.6) is 0 Å². The summed E-state index contributed by atoms with van der Waals surface area (Å²) in [5.41, 5.74) is 9.35. The summed E-state index contributed by atoms with van der Waals surface area (Å²) in [6, 6.07) is 13.8. The fraction of sp³-hybridized carbons (Fsp3) is 0.524. The number of ether oxygens (including phenoxy) is 1. The molecule has 3 nitrogen and oxygen atoms in total. The molecule has 4 heterocycles. The minimum atomic E-state index is -0.0101. The van der Waals surface area contributed by atoms with Crippen LogP contribution in [0, 0.1) is 5.41 Å². The summed E-state index contributed by atoms with van der Waals surface area (Å²) in [5, 5.41) is 2.26. The Morgan fingerprint density at radius 3 is 2.84 bits per heavy atom. The highest BCUT2D eigenvalue weighted by atomic mass is 32.1. The van der Waals surface area contributed by atoms with Crippen molar-refractivity contribution in [3.63, 3.8) is 0 Å². The van der Waals surface area contributed by atoms with E-state index in [4.69, 9.17) is 10.5 Å². The van der Waals surface area contributed by atoms with E-state index in [-0.39, 0.29) is 5.60 Å². The summed E-state index contributed by atoms with van der Waals surface area (Å²) in [6.07, 6.45) is 4.66. The minimum Gasteiger partial charge on any atom is -0.374 e. The maximum Gasteiger partial charge on any atom is 0.0815 e. The molecule has 0 spiro atoms. The van der Waals surface area contributed by atoms with Crippen molar-refractivity contribution in [2.75, 3.05) is 26.2 Å². The molecule has 2 saturated heterocycles. The number of nitrogens with two attached hydrogens (primary N) is 1. The van der Waals surface area contributed by atoms with E-state index >= 15 is 0 Å². The molecule has 3 fully saturated rings. The molecule has 0 amide bonds. The average molecular weight is 355 g/mol. The van der Waals surface area contributed by atoms with Crippen LogP contribution in [0.4, 0.5) is 0 Å². The Morgan fingerprint density at radius 2 is 2.04 bits per heavy atom. The molecule has 3 aliphatic heterocycles. The predicted octanol–water partition coefficient (Wildman–Crippen LogP) is 3.59. The summed E-state index contributed by atoms with van der Waals surface area (Å²) in [5.74, 6) is 0. The van der Waals surface area contributed by atoms with Gasteiger partial charge in [0.15, 0.2) is 0 Å². The van der Waals surface area contributed by atoms with Crippen molar-refractivity contribution >= 4 is 11.3 Å². The molecule has 1 unspecified atom stereocenters. The number of thiophene rings is 1. The van der Waals surface area contributed by atoms with Gasteiger partial charge in [-0.2, -0.15) is 0 Å². The number of hydrogen-bond donors (Lipinski definition) is 1. The largest absolute Gasteiger partial charge is 0.374 e. The fourth-order valence-electron chi connectivity index (χ4n) is 5.47. The van der Waals surface area contributed by atoms with Crippen LogP contribution in [-0.2, 0) is 11.2 Å². The van der Waals surface area contributed by atoms with E-state index in [0.717, 1.165) is 26.0 Å². The lowest BCUT2D eigenvalue weighted by Gasteiger charge is -2.61. The van der Waals surface area contributed by atoms with Crippen LogP contribution < -0.4 is 5.73 Å². The van der Waals surface area contributed by atoms with Crippen molar-refractivity contribution in [1.82, 2.24) is 4.90 Å². The van der Waals surface area contributed by atoms with E-state index in [1.165, 1.54) is 30.5 Å². The molecule has 1 aromatic carbocycles. The molecule has 2 bridgehead atoms. The third-order valence-electron chi connectivity index (χ3n) is 6.53. The molecular formula is C21H26N2OS. The molecular weight excluding hydrogens is 328 g/mol. The van der Waals surface area contributed by atoms with Gasteiger partial charge in [-0.1, -0.05) is 30.3 Å². The van der Waals surface area contributed by atoms with Crippen molar-refractivity contribution in [1.29, 1.82) is 0 Å². The Hall–Kier alpha value is -1.20. The first-order chi connectivity index (χ1) is 12.2. The van der Waals surface area contributed by atoms with Crippen molar-refractivity contribution in [2.24, 2.45) is 11.1 Å². The summed E-state index contributed by atoms with van der Waals surface area (Å²) < 4.78 is 6.01. The smallest absolute Gasteiger partial charge is 0.0815 e. The van der Waals surface area contributed by atoms with Crippen molar-refractivity contribution < 1.29 is 4.74 Å². The Labute approximate surface area is 153 Å². The zero-order chi connectivity index (χ0) is 16.9. The Bertz CT molecular complexity index is 750. The molecule has 25 heavy (non-hydrogen) atoms. The highest BCUT2D eigenvalue weighted by Gasteiger charge is 2.58. The number of rotatable bonds is 4. The maximum absolute atomic E-state index is 6.01. The third kappa shape index (κ3) is 2.58. The standard InChI is InChI=1S/C21H26N2OS/c22-14-21-12-20(13-21,8-10-24-21)15-23-9-6-18-17(7-11-25-18)19(23)16-4-2-1-3-5-16/h1-5,7,11,19H,6,8-10,12-15,22H2. The first-order valence-corrected chi connectivity index (χ1v) is 10.3. The van der Waals surface area contributed by atoms with E-state index in [1.807, 2.05) is 11.3 Å². The Morgan fingerprint density at radius 1 is 1.20 bits per heavy atom. The third-order valence-corrected chi connectivity index (χ3v) is 7.52. The molecule has 1 aromatic heterocycles. The van der Waals surface area contributed by atoms with E-state index in [1.54, 1.807) is 4.88 Å². The van der Waals surface area contributed by atoms with Crippen LogP contribution in [0.15, 0.2) is 41.8 Å². The molecule has 4 heteroatoms. The van der Waals surface area contributed by atoms with Crippen molar-refractivity contribution in [3.05, 3.63) is 57.8 Å². The summed E-state index contributed by atoms with van der Waals surface area (Å²) >= 11 is 1.92.